The molecule has 1 N–H and O–H groups in total. The second-order valence-electron chi connectivity index (χ2n) is 5.04. The summed E-state index contributed by atoms with van der Waals surface area (Å²) in [7, 11) is 0. The summed E-state index contributed by atoms with van der Waals surface area (Å²) in [6.45, 7) is 1.68. The summed E-state index contributed by atoms with van der Waals surface area (Å²) in [5.41, 5.74) is 2.20. The van der Waals surface area contributed by atoms with E-state index in [1.165, 1.54) is 5.56 Å². The maximum Gasteiger partial charge on any atom is 0.221 e. The molecule has 6 nitrogen and oxygen atoms in total. The van der Waals surface area contributed by atoms with Crippen LogP contribution in [0.2, 0.25) is 0 Å². The molecule has 0 saturated carbocycles. The van der Waals surface area contributed by atoms with Crippen LogP contribution < -0.4 is 5.32 Å². The van der Waals surface area contributed by atoms with Gasteiger partial charge in [0.15, 0.2) is 5.82 Å². The topological polar surface area (TPSA) is 68.5 Å². The monoisotopic (exact) mass is 278 g/mol. The molecule has 0 saturated heterocycles. The molecule has 0 aliphatic carbocycles. The van der Waals surface area contributed by atoms with E-state index in [1.54, 1.807) is 12.4 Å². The number of pyridine rings is 2. The molecule has 1 unspecified atom stereocenters. The van der Waals surface area contributed by atoms with Crippen LogP contribution in [0.4, 0.5) is 5.95 Å². The van der Waals surface area contributed by atoms with Crippen molar-refractivity contribution in [3.8, 4) is 11.4 Å². The fraction of sp³-hybridized carbons (Fsp3) is 0.200. The highest BCUT2D eigenvalue weighted by Crippen LogP contribution is 2.25. The van der Waals surface area contributed by atoms with Crippen LogP contribution in [0, 0.1) is 0 Å². The number of hydrogen-bond donors (Lipinski definition) is 1. The van der Waals surface area contributed by atoms with Crippen molar-refractivity contribution in [3.63, 3.8) is 0 Å². The van der Waals surface area contributed by atoms with Crippen LogP contribution in [0.1, 0.15) is 11.5 Å². The molecule has 0 aromatic carbocycles. The Morgan fingerprint density at radius 2 is 2.00 bits per heavy atom. The molecule has 21 heavy (non-hydrogen) atoms. The van der Waals surface area contributed by atoms with E-state index >= 15 is 0 Å². The lowest BCUT2D eigenvalue weighted by atomic mass is 9.99. The second kappa shape index (κ2) is 4.97. The SMILES string of the molecule is c1cncc(-c2nc3n(n2)CC(c2ccncc2)CN3)c1. The van der Waals surface area contributed by atoms with Crippen molar-refractivity contribution in [1.29, 1.82) is 0 Å². The molecule has 0 fully saturated rings. The maximum absolute atomic E-state index is 4.58. The Kier molecular flexibility index (Phi) is 2.85. The van der Waals surface area contributed by atoms with Gasteiger partial charge < -0.3 is 5.32 Å². The third-order valence-corrected chi connectivity index (χ3v) is 3.67. The minimum atomic E-state index is 0.379. The highest BCUT2D eigenvalue weighted by Gasteiger charge is 2.22. The molecule has 0 amide bonds. The molecule has 4 heterocycles. The highest BCUT2D eigenvalue weighted by molar-refractivity contribution is 5.55. The number of nitrogens with zero attached hydrogens (tertiary/aromatic N) is 5. The van der Waals surface area contributed by atoms with Gasteiger partial charge in [-0.2, -0.15) is 4.98 Å². The first-order valence-electron chi connectivity index (χ1n) is 6.89. The van der Waals surface area contributed by atoms with E-state index in [4.69, 9.17) is 0 Å². The molecule has 104 valence electrons. The minimum Gasteiger partial charge on any atom is -0.354 e. The zero-order valence-corrected chi connectivity index (χ0v) is 11.3. The predicted molar refractivity (Wildman–Crippen MR) is 78.7 cm³/mol. The minimum absolute atomic E-state index is 0.379. The Hall–Kier alpha value is -2.76. The van der Waals surface area contributed by atoms with E-state index in [1.807, 2.05) is 29.2 Å². The van der Waals surface area contributed by atoms with Gasteiger partial charge in [0.05, 0.1) is 6.54 Å². The summed E-state index contributed by atoms with van der Waals surface area (Å²) in [6, 6.07) is 7.96. The molecule has 1 atom stereocenters. The Balaban J connectivity index is 1.63. The lowest BCUT2D eigenvalue weighted by Crippen LogP contribution is -2.26. The van der Waals surface area contributed by atoms with Crippen LogP contribution in [0.25, 0.3) is 11.4 Å². The van der Waals surface area contributed by atoms with Crippen molar-refractivity contribution in [1.82, 2.24) is 24.7 Å². The van der Waals surface area contributed by atoms with E-state index < -0.39 is 0 Å². The van der Waals surface area contributed by atoms with E-state index in [2.05, 4.69) is 37.5 Å². The summed E-state index contributed by atoms with van der Waals surface area (Å²) >= 11 is 0. The molecular weight excluding hydrogens is 264 g/mol. The van der Waals surface area contributed by atoms with Gasteiger partial charge >= 0.3 is 0 Å². The zero-order valence-electron chi connectivity index (χ0n) is 11.3. The largest absolute Gasteiger partial charge is 0.354 e. The Morgan fingerprint density at radius 3 is 2.81 bits per heavy atom. The Bertz CT molecular complexity index is 737. The Labute approximate surface area is 121 Å². The van der Waals surface area contributed by atoms with E-state index in [9.17, 15) is 0 Å². The van der Waals surface area contributed by atoms with Gasteiger partial charge in [-0.15, -0.1) is 5.10 Å². The summed E-state index contributed by atoms with van der Waals surface area (Å²) in [5, 5.41) is 7.93. The molecule has 3 aromatic heterocycles. The lowest BCUT2D eigenvalue weighted by Gasteiger charge is -2.23. The van der Waals surface area contributed by atoms with E-state index in [-0.39, 0.29) is 0 Å². The number of anilines is 1. The van der Waals surface area contributed by atoms with Crippen LogP contribution in [-0.2, 0) is 6.54 Å². The van der Waals surface area contributed by atoms with Crippen LogP contribution in [0.3, 0.4) is 0 Å². The molecule has 0 spiro atoms. The van der Waals surface area contributed by atoms with Crippen molar-refractivity contribution in [2.45, 2.75) is 12.5 Å². The maximum atomic E-state index is 4.58. The van der Waals surface area contributed by atoms with Gasteiger partial charge in [-0.25, -0.2) is 4.68 Å². The van der Waals surface area contributed by atoms with Crippen LogP contribution in [-0.4, -0.2) is 31.3 Å². The van der Waals surface area contributed by atoms with Gasteiger partial charge in [0.2, 0.25) is 5.95 Å². The molecule has 4 rings (SSSR count). The van der Waals surface area contributed by atoms with Gasteiger partial charge in [0, 0.05) is 42.8 Å². The summed E-state index contributed by atoms with van der Waals surface area (Å²) < 4.78 is 1.93. The molecule has 6 heteroatoms. The zero-order chi connectivity index (χ0) is 14.1. The van der Waals surface area contributed by atoms with Crippen molar-refractivity contribution < 1.29 is 0 Å². The van der Waals surface area contributed by atoms with Crippen molar-refractivity contribution >= 4 is 5.95 Å². The van der Waals surface area contributed by atoms with Gasteiger partial charge in [0.25, 0.3) is 0 Å². The fourth-order valence-electron chi connectivity index (χ4n) is 2.56. The molecule has 0 bridgehead atoms. The lowest BCUT2D eigenvalue weighted by molar-refractivity contribution is 0.504. The average Bonchev–Trinajstić information content (AvgIpc) is 2.99. The van der Waals surface area contributed by atoms with E-state index in [0.29, 0.717) is 11.7 Å². The average molecular weight is 278 g/mol. The number of hydrogen-bond acceptors (Lipinski definition) is 5. The fourth-order valence-corrected chi connectivity index (χ4v) is 2.56. The summed E-state index contributed by atoms with van der Waals surface area (Å²) in [4.78, 5) is 12.7. The standard InChI is InChI=1S/C15H14N6/c1-2-12(8-17-5-1)14-19-15-18-9-13(10-21(15)20-14)11-3-6-16-7-4-11/h1-8,13H,9-10H2,(H,18,19,20). The normalized spacial score (nSPS) is 17.0. The summed E-state index contributed by atoms with van der Waals surface area (Å²) in [6.07, 6.45) is 7.18. The molecule has 3 aromatic rings. The molecule has 1 aliphatic heterocycles. The van der Waals surface area contributed by atoms with Gasteiger partial charge in [-0.3, -0.25) is 9.97 Å². The van der Waals surface area contributed by atoms with E-state index in [0.717, 1.165) is 24.6 Å². The number of fused-ring (bicyclic) bond motifs is 1. The van der Waals surface area contributed by atoms with Crippen LogP contribution in [0.15, 0.2) is 49.1 Å². The van der Waals surface area contributed by atoms with Crippen LogP contribution in [0.5, 0.6) is 0 Å². The van der Waals surface area contributed by atoms with Gasteiger partial charge in [0.1, 0.15) is 0 Å². The first kappa shape index (κ1) is 12.0. The Morgan fingerprint density at radius 1 is 1.10 bits per heavy atom. The first-order valence-corrected chi connectivity index (χ1v) is 6.89. The number of rotatable bonds is 2. The molecular formula is C15H14N6. The van der Waals surface area contributed by atoms with Gasteiger partial charge in [-0.1, -0.05) is 0 Å². The summed E-state index contributed by atoms with van der Waals surface area (Å²) in [5.74, 6) is 1.91. The van der Waals surface area contributed by atoms with Crippen molar-refractivity contribution in [2.75, 3.05) is 11.9 Å². The second-order valence-corrected chi connectivity index (χ2v) is 5.04. The van der Waals surface area contributed by atoms with Crippen LogP contribution >= 0.6 is 0 Å². The number of aromatic nitrogens is 5. The predicted octanol–water partition coefficient (Wildman–Crippen LogP) is 1.94. The molecule has 1 aliphatic rings. The quantitative estimate of drug-likeness (QED) is 0.776. The highest BCUT2D eigenvalue weighted by atomic mass is 15.4. The van der Waals surface area contributed by atoms with Crippen molar-refractivity contribution in [2.24, 2.45) is 0 Å². The van der Waals surface area contributed by atoms with Crippen molar-refractivity contribution in [3.05, 3.63) is 54.6 Å². The first-order chi connectivity index (χ1) is 10.4. The third kappa shape index (κ3) is 2.24. The molecule has 0 radical (unpaired) electrons. The van der Waals surface area contributed by atoms with Gasteiger partial charge in [-0.05, 0) is 29.8 Å². The third-order valence-electron chi connectivity index (χ3n) is 3.67. The smallest absolute Gasteiger partial charge is 0.221 e. The number of nitrogens with one attached hydrogen (secondary N) is 1.